The Labute approximate surface area is 103 Å². The van der Waals surface area contributed by atoms with Crippen LogP contribution in [0.1, 0.15) is 20.7 Å². The van der Waals surface area contributed by atoms with Crippen molar-refractivity contribution in [2.75, 3.05) is 13.2 Å². The number of esters is 1. The van der Waals surface area contributed by atoms with E-state index in [0.29, 0.717) is 0 Å². The van der Waals surface area contributed by atoms with E-state index >= 15 is 0 Å². The largest absolute Gasteiger partial charge is 0.478 e. The van der Waals surface area contributed by atoms with Gasteiger partial charge >= 0.3 is 11.9 Å². The van der Waals surface area contributed by atoms with Crippen LogP contribution < -0.4 is 0 Å². The summed E-state index contributed by atoms with van der Waals surface area (Å²) in [6, 6.07) is 5.75. The molecule has 0 aliphatic heterocycles. The van der Waals surface area contributed by atoms with E-state index in [1.54, 1.807) is 6.07 Å². The molecule has 16 heavy (non-hydrogen) atoms. The number of aliphatic hydroxyl groups excluding tert-OH is 1. The third-order valence-electron chi connectivity index (χ3n) is 1.70. The molecule has 91 valence electrons. The van der Waals surface area contributed by atoms with Crippen LogP contribution in [0.15, 0.2) is 24.3 Å². The molecule has 1 aromatic rings. The smallest absolute Gasteiger partial charge is 0.339 e. The topological polar surface area (TPSA) is 83.8 Å². The zero-order chi connectivity index (χ0) is 11.3. The molecule has 0 atom stereocenters. The molecule has 0 fully saturated rings. The van der Waals surface area contributed by atoms with Crippen LogP contribution in [0, 0.1) is 0 Å². The van der Waals surface area contributed by atoms with Crippen molar-refractivity contribution in [2.24, 2.45) is 0 Å². The van der Waals surface area contributed by atoms with Gasteiger partial charge in [0.15, 0.2) is 0 Å². The summed E-state index contributed by atoms with van der Waals surface area (Å²) in [6.07, 6.45) is 0. The van der Waals surface area contributed by atoms with Crippen molar-refractivity contribution in [3.8, 4) is 0 Å². The Morgan fingerprint density at radius 1 is 1.19 bits per heavy atom. The predicted molar refractivity (Wildman–Crippen MR) is 50.8 cm³/mol. The number of ether oxygens (including phenoxy) is 1. The molecule has 0 aromatic heterocycles. The number of carbonyl (C=O) groups is 2. The van der Waals surface area contributed by atoms with Gasteiger partial charge in [-0.2, -0.15) is 0 Å². The van der Waals surface area contributed by atoms with Crippen molar-refractivity contribution in [1.29, 1.82) is 0 Å². The van der Waals surface area contributed by atoms with Gasteiger partial charge in [0.25, 0.3) is 0 Å². The Morgan fingerprint density at radius 3 is 2.25 bits per heavy atom. The van der Waals surface area contributed by atoms with Crippen LogP contribution in [0.3, 0.4) is 0 Å². The van der Waals surface area contributed by atoms with Crippen molar-refractivity contribution in [2.45, 2.75) is 0 Å². The van der Waals surface area contributed by atoms with Crippen molar-refractivity contribution in [3.05, 3.63) is 35.4 Å². The second-order valence-corrected chi connectivity index (χ2v) is 2.71. The summed E-state index contributed by atoms with van der Waals surface area (Å²) >= 11 is 0. The molecule has 0 amide bonds. The van der Waals surface area contributed by atoms with Gasteiger partial charge in [0.1, 0.15) is 6.61 Å². The maximum Gasteiger partial charge on any atom is 0.339 e. The molecule has 0 heterocycles. The summed E-state index contributed by atoms with van der Waals surface area (Å²) in [5, 5.41) is 17.2. The second-order valence-electron chi connectivity index (χ2n) is 2.71. The number of hydrogen-bond donors (Lipinski definition) is 2. The van der Waals surface area contributed by atoms with Crippen molar-refractivity contribution >= 4 is 11.9 Å². The van der Waals surface area contributed by atoms with Crippen molar-refractivity contribution in [3.63, 3.8) is 0 Å². The van der Waals surface area contributed by atoms with Gasteiger partial charge in [0.2, 0.25) is 0 Å². The van der Waals surface area contributed by atoms with Crippen LogP contribution in [0.5, 0.6) is 0 Å². The molecule has 5 nitrogen and oxygen atoms in total. The molecule has 6 heteroatoms. The number of benzene rings is 1. The van der Waals surface area contributed by atoms with Crippen LogP contribution in [-0.4, -0.2) is 35.4 Å². The summed E-state index contributed by atoms with van der Waals surface area (Å²) in [7, 11) is 0. The quantitative estimate of drug-likeness (QED) is 0.618. The maximum atomic E-state index is 11.3. The molecule has 0 aliphatic carbocycles. The first kappa shape index (κ1) is 14.6. The minimum Gasteiger partial charge on any atom is -0.478 e. The average Bonchev–Trinajstić information content (AvgIpc) is 2.25. The SMILES string of the molecule is O=C(O)c1ccccc1C(=O)OCCO.[Cu]. The molecule has 0 aliphatic rings. The van der Waals surface area contributed by atoms with Gasteiger partial charge in [-0.15, -0.1) is 0 Å². The fourth-order valence-electron chi connectivity index (χ4n) is 1.06. The molecular weight excluding hydrogens is 264 g/mol. The van der Waals surface area contributed by atoms with Crippen LogP contribution in [0.4, 0.5) is 0 Å². The average molecular weight is 274 g/mol. The van der Waals surface area contributed by atoms with Crippen molar-refractivity contribution in [1.82, 2.24) is 0 Å². The number of carboxylic acids is 1. The number of carboxylic acid groups (broad SMARTS) is 1. The molecule has 0 saturated carbocycles. The standard InChI is InChI=1S/C10H10O5.Cu/c11-5-6-15-10(14)8-4-2-1-3-7(8)9(12)13;/h1-4,11H,5-6H2,(H,12,13);. The van der Waals surface area contributed by atoms with Gasteiger partial charge in [-0.25, -0.2) is 9.59 Å². The second kappa shape index (κ2) is 7.00. The first-order valence-electron chi connectivity index (χ1n) is 4.27. The van der Waals surface area contributed by atoms with Crippen molar-refractivity contribution < 1.29 is 41.6 Å². The van der Waals surface area contributed by atoms with E-state index in [4.69, 9.17) is 10.2 Å². The monoisotopic (exact) mass is 273 g/mol. The van der Waals surface area contributed by atoms with Gasteiger partial charge in [0.05, 0.1) is 17.7 Å². The maximum absolute atomic E-state index is 11.3. The first-order valence-corrected chi connectivity index (χ1v) is 4.27. The minimum atomic E-state index is -1.19. The molecule has 2 N–H and O–H groups in total. The molecule has 0 spiro atoms. The molecule has 0 bridgehead atoms. The van der Waals surface area contributed by atoms with E-state index < -0.39 is 11.9 Å². The Balaban J connectivity index is 0.00000225. The molecule has 0 unspecified atom stereocenters. The van der Waals surface area contributed by atoms with E-state index in [2.05, 4.69) is 4.74 Å². The fraction of sp³-hybridized carbons (Fsp3) is 0.200. The van der Waals surface area contributed by atoms with E-state index in [0.717, 1.165) is 0 Å². The third-order valence-corrected chi connectivity index (χ3v) is 1.70. The number of hydrogen-bond acceptors (Lipinski definition) is 4. The summed E-state index contributed by atoms with van der Waals surface area (Å²) in [5.41, 5.74) is -0.126. The van der Waals surface area contributed by atoms with E-state index in [-0.39, 0.29) is 41.4 Å². The Bertz CT molecular complexity index is 377. The van der Waals surface area contributed by atoms with Gasteiger partial charge in [-0.3, -0.25) is 0 Å². The Morgan fingerprint density at radius 2 is 1.75 bits per heavy atom. The summed E-state index contributed by atoms with van der Waals surface area (Å²) in [5.74, 6) is -1.94. The third kappa shape index (κ3) is 3.66. The van der Waals surface area contributed by atoms with E-state index in [1.807, 2.05) is 0 Å². The number of aliphatic hydroxyl groups is 1. The van der Waals surface area contributed by atoms with Gasteiger partial charge in [-0.1, -0.05) is 12.1 Å². The first-order chi connectivity index (χ1) is 7.16. The van der Waals surface area contributed by atoms with Gasteiger partial charge < -0.3 is 14.9 Å². The van der Waals surface area contributed by atoms with Crippen LogP contribution in [0.2, 0.25) is 0 Å². The van der Waals surface area contributed by atoms with E-state index in [1.165, 1.54) is 18.2 Å². The summed E-state index contributed by atoms with van der Waals surface area (Å²) in [4.78, 5) is 22.1. The molecule has 1 aromatic carbocycles. The number of carbonyl (C=O) groups excluding carboxylic acids is 1. The molecule has 1 rings (SSSR count). The van der Waals surface area contributed by atoms with E-state index in [9.17, 15) is 9.59 Å². The predicted octanol–water partition coefficient (Wildman–Crippen LogP) is 0.531. The fourth-order valence-corrected chi connectivity index (χ4v) is 1.06. The van der Waals surface area contributed by atoms with Gasteiger partial charge in [0, 0.05) is 17.1 Å². The number of aromatic carboxylic acids is 1. The Hall–Kier alpha value is -1.36. The normalized spacial score (nSPS) is 9.06. The zero-order valence-electron chi connectivity index (χ0n) is 8.14. The Kier molecular flexibility index (Phi) is 6.41. The summed E-state index contributed by atoms with van der Waals surface area (Å²) in [6.45, 7) is -0.437. The molecule has 0 saturated heterocycles. The molecular formula is C10H10CuO5. The zero-order valence-corrected chi connectivity index (χ0v) is 9.09. The minimum absolute atomic E-state index is 0. The number of rotatable bonds is 4. The molecule has 1 radical (unpaired) electrons. The van der Waals surface area contributed by atoms with Crippen LogP contribution >= 0.6 is 0 Å². The van der Waals surface area contributed by atoms with Crippen LogP contribution in [0.25, 0.3) is 0 Å². The van der Waals surface area contributed by atoms with Crippen LogP contribution in [-0.2, 0) is 21.8 Å². The summed E-state index contributed by atoms with van der Waals surface area (Å²) < 4.78 is 4.62. The van der Waals surface area contributed by atoms with Gasteiger partial charge in [-0.05, 0) is 12.1 Å².